The van der Waals surface area contributed by atoms with Crippen molar-refractivity contribution in [3.63, 3.8) is 0 Å². The monoisotopic (exact) mass is 301 g/mol. The molecule has 2 rings (SSSR count). The summed E-state index contributed by atoms with van der Waals surface area (Å²) in [5, 5.41) is 3.31. The Bertz CT molecular complexity index is 373. The van der Waals surface area contributed by atoms with Gasteiger partial charge in [-0.2, -0.15) is 0 Å². The van der Waals surface area contributed by atoms with Crippen molar-refractivity contribution in [3.8, 4) is 0 Å². The lowest BCUT2D eigenvalue weighted by Gasteiger charge is -2.35. The highest BCUT2D eigenvalue weighted by Gasteiger charge is 2.19. The summed E-state index contributed by atoms with van der Waals surface area (Å²) in [4.78, 5) is 9.46. The lowest BCUT2D eigenvalue weighted by atomic mass is 10.0. The van der Waals surface area contributed by atoms with Crippen LogP contribution in [-0.2, 0) is 12.3 Å². The zero-order valence-electron chi connectivity index (χ0n) is 11.9. The van der Waals surface area contributed by atoms with E-state index in [1.807, 2.05) is 0 Å². The van der Waals surface area contributed by atoms with Crippen LogP contribution in [0.2, 0.25) is 0 Å². The molecule has 19 heavy (non-hydrogen) atoms. The van der Waals surface area contributed by atoms with E-state index in [1.165, 1.54) is 43.9 Å². The molecule has 1 saturated heterocycles. The van der Waals surface area contributed by atoms with E-state index in [2.05, 4.69) is 34.3 Å². The van der Waals surface area contributed by atoms with Gasteiger partial charge in [0.2, 0.25) is 0 Å². The summed E-state index contributed by atoms with van der Waals surface area (Å²) in [6.45, 7) is 3.69. The Morgan fingerprint density at radius 3 is 2.74 bits per heavy atom. The Morgan fingerprint density at radius 2 is 2.16 bits per heavy atom. The van der Waals surface area contributed by atoms with Crippen LogP contribution in [0.3, 0.4) is 0 Å². The van der Waals surface area contributed by atoms with Gasteiger partial charge >= 0.3 is 0 Å². The number of aryl methyl sites for hydroxylation is 1. The number of nitrogens with zero attached hydrogens (tertiary/aromatic N) is 3. The number of likely N-dealkylation sites (tertiary alicyclic amines) is 1. The van der Waals surface area contributed by atoms with Gasteiger partial charge in [-0.1, -0.05) is 0 Å². The minimum Gasteiger partial charge on any atom is -0.306 e. The van der Waals surface area contributed by atoms with Gasteiger partial charge in [-0.3, -0.25) is 0 Å². The van der Waals surface area contributed by atoms with Gasteiger partial charge in [-0.25, -0.2) is 4.98 Å². The standard InChI is InChI=1S/C14H24ClN3S/c1-17(2)13-5-8-18(9-6-13)7-3-4-14-16-12(10-15)11-19-14/h11,13H,3-10H2,1-2H3. The van der Waals surface area contributed by atoms with Crippen LogP contribution in [0.15, 0.2) is 5.38 Å². The largest absolute Gasteiger partial charge is 0.306 e. The molecular weight excluding hydrogens is 278 g/mol. The van der Waals surface area contributed by atoms with Crippen molar-refractivity contribution in [1.82, 2.24) is 14.8 Å². The van der Waals surface area contributed by atoms with Crippen LogP contribution in [-0.4, -0.2) is 54.6 Å². The van der Waals surface area contributed by atoms with Gasteiger partial charge in [0, 0.05) is 17.8 Å². The predicted octanol–water partition coefficient (Wildman–Crippen LogP) is 2.84. The fraction of sp³-hybridized carbons (Fsp3) is 0.786. The Kier molecular flexibility index (Phi) is 6.07. The third-order valence-corrected chi connectivity index (χ3v) is 5.12. The molecule has 0 spiro atoms. The number of hydrogen-bond donors (Lipinski definition) is 0. The van der Waals surface area contributed by atoms with E-state index in [0.717, 1.165) is 18.2 Å². The number of halogens is 1. The summed E-state index contributed by atoms with van der Waals surface area (Å²) < 4.78 is 0. The van der Waals surface area contributed by atoms with E-state index in [-0.39, 0.29) is 0 Å². The molecule has 0 aromatic carbocycles. The summed E-state index contributed by atoms with van der Waals surface area (Å²) in [7, 11) is 4.38. The van der Waals surface area contributed by atoms with E-state index in [1.54, 1.807) is 11.3 Å². The Labute approximate surface area is 125 Å². The molecule has 3 nitrogen and oxygen atoms in total. The fourth-order valence-electron chi connectivity index (χ4n) is 2.64. The average Bonchev–Trinajstić information content (AvgIpc) is 2.87. The smallest absolute Gasteiger partial charge is 0.0929 e. The number of piperidine rings is 1. The van der Waals surface area contributed by atoms with E-state index in [9.17, 15) is 0 Å². The molecule has 1 aliphatic rings. The molecule has 0 atom stereocenters. The third-order valence-electron chi connectivity index (χ3n) is 3.89. The first kappa shape index (κ1) is 15.2. The maximum atomic E-state index is 5.77. The zero-order valence-corrected chi connectivity index (χ0v) is 13.5. The molecule has 2 heterocycles. The second-order valence-corrected chi connectivity index (χ2v) is 6.72. The zero-order chi connectivity index (χ0) is 13.7. The summed E-state index contributed by atoms with van der Waals surface area (Å²) >= 11 is 7.51. The topological polar surface area (TPSA) is 19.4 Å². The molecule has 0 saturated carbocycles. The molecule has 0 N–H and O–H groups in total. The van der Waals surface area contributed by atoms with E-state index in [4.69, 9.17) is 11.6 Å². The lowest BCUT2D eigenvalue weighted by molar-refractivity contribution is 0.144. The molecule has 1 aromatic rings. The molecule has 108 valence electrons. The van der Waals surface area contributed by atoms with Crippen LogP contribution in [0.25, 0.3) is 0 Å². The van der Waals surface area contributed by atoms with Crippen LogP contribution < -0.4 is 0 Å². The molecule has 0 unspecified atom stereocenters. The van der Waals surface area contributed by atoms with Gasteiger partial charge in [-0.15, -0.1) is 22.9 Å². The molecule has 0 aliphatic carbocycles. The summed E-state index contributed by atoms with van der Waals surface area (Å²) in [6, 6.07) is 0.779. The van der Waals surface area contributed by atoms with Crippen molar-refractivity contribution in [2.45, 2.75) is 37.6 Å². The van der Waals surface area contributed by atoms with Crippen molar-refractivity contribution in [3.05, 3.63) is 16.1 Å². The Morgan fingerprint density at radius 1 is 1.42 bits per heavy atom. The second kappa shape index (κ2) is 7.58. The molecule has 0 radical (unpaired) electrons. The van der Waals surface area contributed by atoms with Crippen LogP contribution in [0, 0.1) is 0 Å². The molecule has 5 heteroatoms. The first-order valence-electron chi connectivity index (χ1n) is 7.07. The minimum absolute atomic E-state index is 0.536. The van der Waals surface area contributed by atoms with Gasteiger partial charge in [0.1, 0.15) is 0 Å². The molecule has 0 amide bonds. The molecule has 1 aromatic heterocycles. The van der Waals surface area contributed by atoms with Crippen molar-refractivity contribution in [2.75, 3.05) is 33.7 Å². The number of hydrogen-bond acceptors (Lipinski definition) is 4. The van der Waals surface area contributed by atoms with Crippen LogP contribution >= 0.6 is 22.9 Å². The summed E-state index contributed by atoms with van der Waals surface area (Å²) in [5.74, 6) is 0.536. The average molecular weight is 302 g/mol. The molecule has 1 fully saturated rings. The van der Waals surface area contributed by atoms with Crippen molar-refractivity contribution in [2.24, 2.45) is 0 Å². The molecule has 0 bridgehead atoms. The SMILES string of the molecule is CN(C)C1CCN(CCCc2nc(CCl)cs2)CC1. The molecular formula is C14H24ClN3S. The highest BCUT2D eigenvalue weighted by atomic mass is 35.5. The van der Waals surface area contributed by atoms with Gasteiger partial charge in [0.05, 0.1) is 16.6 Å². The lowest BCUT2D eigenvalue weighted by Crippen LogP contribution is -2.42. The maximum absolute atomic E-state index is 5.77. The normalized spacial score (nSPS) is 18.3. The van der Waals surface area contributed by atoms with E-state index < -0.39 is 0 Å². The van der Waals surface area contributed by atoms with Crippen molar-refractivity contribution >= 4 is 22.9 Å². The van der Waals surface area contributed by atoms with E-state index >= 15 is 0 Å². The number of rotatable bonds is 6. The first-order valence-corrected chi connectivity index (χ1v) is 8.48. The quantitative estimate of drug-likeness (QED) is 0.753. The first-order chi connectivity index (χ1) is 9.19. The maximum Gasteiger partial charge on any atom is 0.0929 e. The van der Waals surface area contributed by atoms with Gasteiger partial charge < -0.3 is 9.80 Å². The van der Waals surface area contributed by atoms with Gasteiger partial charge in [0.25, 0.3) is 0 Å². The van der Waals surface area contributed by atoms with Gasteiger partial charge in [-0.05, 0) is 53.0 Å². The predicted molar refractivity (Wildman–Crippen MR) is 83.1 cm³/mol. The molecule has 1 aliphatic heterocycles. The number of alkyl halides is 1. The van der Waals surface area contributed by atoms with Crippen LogP contribution in [0.4, 0.5) is 0 Å². The number of thiazole rings is 1. The van der Waals surface area contributed by atoms with Crippen molar-refractivity contribution < 1.29 is 0 Å². The van der Waals surface area contributed by atoms with Gasteiger partial charge in [0.15, 0.2) is 0 Å². The van der Waals surface area contributed by atoms with Crippen molar-refractivity contribution in [1.29, 1.82) is 0 Å². The highest BCUT2D eigenvalue weighted by molar-refractivity contribution is 7.09. The van der Waals surface area contributed by atoms with Crippen LogP contribution in [0.1, 0.15) is 30.0 Å². The van der Waals surface area contributed by atoms with Crippen LogP contribution in [0.5, 0.6) is 0 Å². The Hall–Kier alpha value is -0.160. The van der Waals surface area contributed by atoms with E-state index in [0.29, 0.717) is 5.88 Å². The highest BCUT2D eigenvalue weighted by Crippen LogP contribution is 2.16. The second-order valence-electron chi connectivity index (χ2n) is 5.51. The fourth-order valence-corrected chi connectivity index (χ4v) is 3.71. The summed E-state index contributed by atoms with van der Waals surface area (Å²) in [6.07, 6.45) is 4.92. The Balaban J connectivity index is 1.64. The summed E-state index contributed by atoms with van der Waals surface area (Å²) in [5.41, 5.74) is 1.02. The minimum atomic E-state index is 0.536. The third kappa shape index (κ3) is 4.71. The number of aromatic nitrogens is 1.